The molecule has 1 aromatic carbocycles. The van der Waals surface area contributed by atoms with Crippen LogP contribution in [0.25, 0.3) is 11.1 Å². The van der Waals surface area contributed by atoms with Crippen molar-refractivity contribution in [1.29, 1.82) is 0 Å². The molecule has 3 heteroatoms. The van der Waals surface area contributed by atoms with Gasteiger partial charge in [0.05, 0.1) is 11.8 Å². The van der Waals surface area contributed by atoms with E-state index in [9.17, 15) is 0 Å². The average molecular weight is 216 g/mol. The number of aromatic nitrogens is 1. The lowest BCUT2D eigenvalue weighted by Gasteiger charge is -2.07. The topological polar surface area (TPSA) is 52.0 Å². The molecule has 1 aromatic heterocycles. The Balaban J connectivity index is 2.48. The smallest absolute Gasteiger partial charge is 0.229 e. The Morgan fingerprint density at radius 2 is 1.94 bits per heavy atom. The van der Waals surface area contributed by atoms with Crippen molar-refractivity contribution < 1.29 is 4.52 Å². The van der Waals surface area contributed by atoms with Gasteiger partial charge in [-0.25, -0.2) is 0 Å². The van der Waals surface area contributed by atoms with Crippen molar-refractivity contribution in [1.82, 2.24) is 5.16 Å². The van der Waals surface area contributed by atoms with Crippen molar-refractivity contribution in [2.45, 2.75) is 26.7 Å². The highest BCUT2D eigenvalue weighted by Crippen LogP contribution is 2.27. The highest BCUT2D eigenvalue weighted by atomic mass is 16.5. The second-order valence-electron chi connectivity index (χ2n) is 3.79. The van der Waals surface area contributed by atoms with Gasteiger partial charge in [-0.05, 0) is 29.5 Å². The molecule has 84 valence electrons. The Morgan fingerprint density at radius 1 is 1.19 bits per heavy atom. The lowest BCUT2D eigenvalue weighted by Crippen LogP contribution is -1.92. The van der Waals surface area contributed by atoms with Crippen LogP contribution in [0.4, 0.5) is 5.88 Å². The van der Waals surface area contributed by atoms with E-state index >= 15 is 0 Å². The number of nitrogen functional groups attached to an aromatic ring is 1. The predicted molar refractivity (Wildman–Crippen MR) is 65.1 cm³/mol. The predicted octanol–water partition coefficient (Wildman–Crippen LogP) is 3.05. The largest absolute Gasteiger partial charge is 0.367 e. The van der Waals surface area contributed by atoms with Crippen molar-refractivity contribution in [3.8, 4) is 11.1 Å². The quantitative estimate of drug-likeness (QED) is 0.857. The van der Waals surface area contributed by atoms with E-state index in [0.29, 0.717) is 5.88 Å². The van der Waals surface area contributed by atoms with Crippen molar-refractivity contribution in [3.63, 3.8) is 0 Å². The Morgan fingerprint density at radius 3 is 2.50 bits per heavy atom. The molecular formula is C13H16N2O. The van der Waals surface area contributed by atoms with Gasteiger partial charge in [0.2, 0.25) is 5.88 Å². The summed E-state index contributed by atoms with van der Waals surface area (Å²) in [6.45, 7) is 4.33. The van der Waals surface area contributed by atoms with Crippen LogP contribution in [0.15, 0.2) is 28.9 Å². The summed E-state index contributed by atoms with van der Waals surface area (Å²) in [6, 6.07) is 6.39. The van der Waals surface area contributed by atoms with Gasteiger partial charge in [0.15, 0.2) is 0 Å². The SMILES string of the molecule is CCc1ccc(-c2cnoc2N)cc1CC. The number of hydrogen-bond acceptors (Lipinski definition) is 3. The maximum Gasteiger partial charge on any atom is 0.229 e. The molecule has 0 bridgehead atoms. The van der Waals surface area contributed by atoms with Gasteiger partial charge in [0, 0.05) is 0 Å². The van der Waals surface area contributed by atoms with Gasteiger partial charge in [-0.3, -0.25) is 0 Å². The molecule has 0 fully saturated rings. The van der Waals surface area contributed by atoms with Crippen LogP contribution in [0.3, 0.4) is 0 Å². The lowest BCUT2D eigenvalue weighted by molar-refractivity contribution is 0.436. The van der Waals surface area contributed by atoms with Crippen molar-refractivity contribution >= 4 is 5.88 Å². The van der Waals surface area contributed by atoms with Gasteiger partial charge in [0.1, 0.15) is 0 Å². The molecule has 16 heavy (non-hydrogen) atoms. The van der Waals surface area contributed by atoms with Crippen LogP contribution in [-0.4, -0.2) is 5.16 Å². The minimum absolute atomic E-state index is 0.381. The van der Waals surface area contributed by atoms with Crippen LogP contribution < -0.4 is 5.73 Å². The molecule has 2 aromatic rings. The second kappa shape index (κ2) is 4.39. The Bertz CT molecular complexity index is 488. The number of hydrogen-bond donors (Lipinski definition) is 1. The van der Waals surface area contributed by atoms with Gasteiger partial charge in [0.25, 0.3) is 0 Å². The summed E-state index contributed by atoms with van der Waals surface area (Å²) in [4.78, 5) is 0. The van der Waals surface area contributed by atoms with E-state index in [1.165, 1.54) is 11.1 Å². The monoisotopic (exact) mass is 216 g/mol. The summed E-state index contributed by atoms with van der Waals surface area (Å²) in [5, 5.41) is 3.70. The first-order chi connectivity index (χ1) is 7.76. The van der Waals surface area contributed by atoms with Gasteiger partial charge in [-0.1, -0.05) is 37.2 Å². The van der Waals surface area contributed by atoms with Gasteiger partial charge in [-0.15, -0.1) is 0 Å². The zero-order chi connectivity index (χ0) is 11.5. The van der Waals surface area contributed by atoms with E-state index in [1.54, 1.807) is 6.20 Å². The summed E-state index contributed by atoms with van der Waals surface area (Å²) >= 11 is 0. The number of aryl methyl sites for hydroxylation is 2. The van der Waals surface area contributed by atoms with Crippen LogP contribution in [0.2, 0.25) is 0 Å². The molecule has 2 rings (SSSR count). The molecule has 0 radical (unpaired) electrons. The normalized spacial score (nSPS) is 10.6. The minimum atomic E-state index is 0.381. The zero-order valence-electron chi connectivity index (χ0n) is 9.66. The highest BCUT2D eigenvalue weighted by Gasteiger charge is 2.08. The molecule has 0 amide bonds. The molecule has 0 saturated carbocycles. The van der Waals surface area contributed by atoms with Crippen LogP contribution in [0, 0.1) is 0 Å². The van der Waals surface area contributed by atoms with Crippen LogP contribution in [0.5, 0.6) is 0 Å². The molecule has 1 heterocycles. The molecule has 0 saturated heterocycles. The second-order valence-corrected chi connectivity index (χ2v) is 3.79. The Hall–Kier alpha value is -1.77. The Labute approximate surface area is 95.3 Å². The summed E-state index contributed by atoms with van der Waals surface area (Å²) in [6.07, 6.45) is 3.75. The molecule has 0 spiro atoms. The van der Waals surface area contributed by atoms with E-state index in [-0.39, 0.29) is 0 Å². The van der Waals surface area contributed by atoms with Crippen molar-refractivity contribution in [2.75, 3.05) is 5.73 Å². The number of nitrogens with two attached hydrogens (primary N) is 1. The van der Waals surface area contributed by atoms with E-state index < -0.39 is 0 Å². The molecule has 0 aliphatic carbocycles. The number of rotatable bonds is 3. The molecular weight excluding hydrogens is 200 g/mol. The summed E-state index contributed by atoms with van der Waals surface area (Å²) in [7, 11) is 0. The standard InChI is InChI=1S/C13H16N2O/c1-3-9-5-6-11(7-10(9)4-2)12-8-15-16-13(12)14/h5-8H,3-4,14H2,1-2H3. The first-order valence-electron chi connectivity index (χ1n) is 5.58. The maximum absolute atomic E-state index is 5.71. The van der Waals surface area contributed by atoms with Crippen LogP contribution >= 0.6 is 0 Å². The van der Waals surface area contributed by atoms with E-state index in [1.807, 2.05) is 0 Å². The third kappa shape index (κ3) is 1.81. The maximum atomic E-state index is 5.71. The molecule has 0 unspecified atom stereocenters. The van der Waals surface area contributed by atoms with E-state index in [2.05, 4.69) is 37.2 Å². The summed E-state index contributed by atoms with van der Waals surface area (Å²) in [5.41, 5.74) is 10.4. The van der Waals surface area contributed by atoms with Crippen molar-refractivity contribution in [2.24, 2.45) is 0 Å². The molecule has 0 atom stereocenters. The van der Waals surface area contributed by atoms with Crippen LogP contribution in [0.1, 0.15) is 25.0 Å². The highest BCUT2D eigenvalue weighted by molar-refractivity contribution is 5.72. The molecule has 3 nitrogen and oxygen atoms in total. The summed E-state index contributed by atoms with van der Waals surface area (Å²) < 4.78 is 4.88. The van der Waals surface area contributed by atoms with E-state index in [4.69, 9.17) is 10.3 Å². The molecule has 0 aliphatic rings. The number of anilines is 1. The fraction of sp³-hybridized carbons (Fsp3) is 0.308. The summed E-state index contributed by atoms with van der Waals surface area (Å²) in [5.74, 6) is 0.381. The first kappa shape index (κ1) is 10.7. The zero-order valence-corrected chi connectivity index (χ0v) is 9.66. The number of nitrogens with zero attached hydrogens (tertiary/aromatic N) is 1. The molecule has 2 N–H and O–H groups in total. The van der Waals surface area contributed by atoms with Gasteiger partial charge in [-0.2, -0.15) is 0 Å². The minimum Gasteiger partial charge on any atom is -0.367 e. The Kier molecular flexibility index (Phi) is 2.95. The third-order valence-electron chi connectivity index (χ3n) is 2.88. The van der Waals surface area contributed by atoms with Crippen LogP contribution in [-0.2, 0) is 12.8 Å². The molecule has 0 aliphatic heterocycles. The van der Waals surface area contributed by atoms with Gasteiger partial charge >= 0.3 is 0 Å². The third-order valence-corrected chi connectivity index (χ3v) is 2.88. The lowest BCUT2D eigenvalue weighted by atomic mass is 9.98. The average Bonchev–Trinajstić information content (AvgIpc) is 2.74. The fourth-order valence-corrected chi connectivity index (χ4v) is 1.93. The van der Waals surface area contributed by atoms with Crippen molar-refractivity contribution in [3.05, 3.63) is 35.5 Å². The first-order valence-corrected chi connectivity index (χ1v) is 5.58. The van der Waals surface area contributed by atoms with E-state index in [0.717, 1.165) is 24.0 Å². The fourth-order valence-electron chi connectivity index (χ4n) is 1.93. The van der Waals surface area contributed by atoms with Gasteiger partial charge < -0.3 is 10.3 Å². The number of benzene rings is 1.